The highest BCUT2D eigenvalue weighted by Crippen LogP contribution is 2.28. The molecule has 116 valence electrons. The molecular formula is C16H17FN2O2S. The van der Waals surface area contributed by atoms with Gasteiger partial charge >= 0.3 is 0 Å². The molecule has 1 atom stereocenters. The Morgan fingerprint density at radius 3 is 3.18 bits per heavy atom. The van der Waals surface area contributed by atoms with Gasteiger partial charge in [-0.3, -0.25) is 4.79 Å². The van der Waals surface area contributed by atoms with Gasteiger partial charge < -0.3 is 9.64 Å². The molecule has 0 saturated carbocycles. The number of carbonyl (C=O) groups is 1. The molecule has 0 spiro atoms. The number of nitrogens with zero attached hydrogens (tertiary/aromatic N) is 2. The van der Waals surface area contributed by atoms with Gasteiger partial charge in [-0.2, -0.15) is 0 Å². The molecule has 22 heavy (non-hydrogen) atoms. The molecule has 1 saturated heterocycles. The highest BCUT2D eigenvalue weighted by Gasteiger charge is 2.26. The summed E-state index contributed by atoms with van der Waals surface area (Å²) < 4.78 is 18.5. The lowest BCUT2D eigenvalue weighted by Crippen LogP contribution is -2.41. The van der Waals surface area contributed by atoms with Crippen molar-refractivity contribution >= 4 is 17.2 Å². The standard InChI is InChI=1S/C16H17FN2O2S/c17-13-4-1-5-14(9-13)21-11-15(20)19-7-2-3-12(10-19)16-18-6-8-22-16/h1,4-6,8-9,12H,2-3,7,10-11H2/t12-/m0/s1. The zero-order valence-electron chi connectivity index (χ0n) is 12.1. The van der Waals surface area contributed by atoms with Crippen LogP contribution in [0.5, 0.6) is 5.75 Å². The summed E-state index contributed by atoms with van der Waals surface area (Å²) in [5.41, 5.74) is 0. The second-order valence-electron chi connectivity index (χ2n) is 5.30. The van der Waals surface area contributed by atoms with E-state index in [1.54, 1.807) is 29.7 Å². The molecular weight excluding hydrogens is 303 g/mol. The summed E-state index contributed by atoms with van der Waals surface area (Å²) in [6.07, 6.45) is 3.83. The monoisotopic (exact) mass is 320 g/mol. The maximum Gasteiger partial charge on any atom is 0.260 e. The molecule has 1 aliphatic heterocycles. The van der Waals surface area contributed by atoms with E-state index in [0.29, 0.717) is 18.2 Å². The zero-order valence-corrected chi connectivity index (χ0v) is 12.9. The van der Waals surface area contributed by atoms with Gasteiger partial charge in [0.1, 0.15) is 11.6 Å². The van der Waals surface area contributed by atoms with Crippen molar-refractivity contribution in [3.8, 4) is 5.75 Å². The van der Waals surface area contributed by atoms with Crippen LogP contribution in [0.25, 0.3) is 0 Å². The van der Waals surface area contributed by atoms with Crippen LogP contribution in [0, 0.1) is 5.82 Å². The molecule has 0 N–H and O–H groups in total. The second-order valence-corrected chi connectivity index (χ2v) is 6.22. The van der Waals surface area contributed by atoms with Crippen LogP contribution < -0.4 is 4.74 Å². The smallest absolute Gasteiger partial charge is 0.260 e. The van der Waals surface area contributed by atoms with E-state index in [2.05, 4.69) is 4.98 Å². The van der Waals surface area contributed by atoms with Crippen LogP contribution in [-0.4, -0.2) is 35.5 Å². The number of hydrogen-bond donors (Lipinski definition) is 0. The molecule has 6 heteroatoms. The maximum absolute atomic E-state index is 13.1. The van der Waals surface area contributed by atoms with Gasteiger partial charge in [-0.25, -0.2) is 9.37 Å². The van der Waals surface area contributed by atoms with Gasteiger partial charge in [-0.1, -0.05) is 6.07 Å². The quantitative estimate of drug-likeness (QED) is 0.869. The molecule has 0 radical (unpaired) electrons. The maximum atomic E-state index is 13.1. The Hall–Kier alpha value is -1.95. The molecule has 1 fully saturated rings. The largest absolute Gasteiger partial charge is 0.484 e. The van der Waals surface area contributed by atoms with Crippen molar-refractivity contribution in [2.75, 3.05) is 19.7 Å². The fourth-order valence-electron chi connectivity index (χ4n) is 2.63. The topological polar surface area (TPSA) is 42.4 Å². The molecule has 0 unspecified atom stereocenters. The van der Waals surface area contributed by atoms with Gasteiger partial charge in [0.05, 0.1) is 5.01 Å². The van der Waals surface area contributed by atoms with E-state index in [4.69, 9.17) is 4.74 Å². The van der Waals surface area contributed by atoms with Gasteiger partial charge in [0.25, 0.3) is 5.91 Å². The molecule has 3 rings (SSSR count). The molecule has 1 amide bonds. The predicted molar refractivity (Wildman–Crippen MR) is 82.6 cm³/mol. The van der Waals surface area contributed by atoms with Crippen molar-refractivity contribution in [2.24, 2.45) is 0 Å². The Morgan fingerprint density at radius 1 is 1.50 bits per heavy atom. The van der Waals surface area contributed by atoms with Crippen LogP contribution in [0.2, 0.25) is 0 Å². The first-order chi connectivity index (χ1) is 10.7. The first kappa shape index (κ1) is 15.0. The number of amides is 1. The van der Waals surface area contributed by atoms with E-state index < -0.39 is 0 Å². The van der Waals surface area contributed by atoms with Crippen LogP contribution >= 0.6 is 11.3 Å². The number of piperidine rings is 1. The molecule has 0 bridgehead atoms. The fourth-order valence-corrected chi connectivity index (χ4v) is 3.40. The van der Waals surface area contributed by atoms with E-state index >= 15 is 0 Å². The minimum atomic E-state index is -0.369. The van der Waals surface area contributed by atoms with Gasteiger partial charge in [0.2, 0.25) is 0 Å². The van der Waals surface area contributed by atoms with Crippen LogP contribution in [0.3, 0.4) is 0 Å². The Bertz CT molecular complexity index is 633. The number of aromatic nitrogens is 1. The molecule has 2 aromatic rings. The summed E-state index contributed by atoms with van der Waals surface area (Å²) in [5.74, 6) is 0.256. The van der Waals surface area contributed by atoms with Crippen molar-refractivity contribution in [3.63, 3.8) is 0 Å². The van der Waals surface area contributed by atoms with E-state index in [9.17, 15) is 9.18 Å². The number of thiazole rings is 1. The summed E-state index contributed by atoms with van der Waals surface area (Å²) in [7, 11) is 0. The predicted octanol–water partition coefficient (Wildman–Crippen LogP) is 3.07. The number of halogens is 1. The van der Waals surface area contributed by atoms with Crippen molar-refractivity contribution in [2.45, 2.75) is 18.8 Å². The Morgan fingerprint density at radius 2 is 2.41 bits per heavy atom. The van der Waals surface area contributed by atoms with E-state index in [0.717, 1.165) is 24.4 Å². The number of benzene rings is 1. The van der Waals surface area contributed by atoms with Gasteiger partial charge in [0.15, 0.2) is 6.61 Å². The lowest BCUT2D eigenvalue weighted by atomic mass is 9.99. The summed E-state index contributed by atoms with van der Waals surface area (Å²) in [6, 6.07) is 5.83. The van der Waals surface area contributed by atoms with E-state index in [-0.39, 0.29) is 18.3 Å². The minimum Gasteiger partial charge on any atom is -0.484 e. The average Bonchev–Trinajstić information content (AvgIpc) is 3.07. The number of carbonyl (C=O) groups excluding carboxylic acids is 1. The average molecular weight is 320 g/mol. The summed E-state index contributed by atoms with van der Waals surface area (Å²) in [6.45, 7) is 1.36. The molecule has 4 nitrogen and oxygen atoms in total. The zero-order chi connectivity index (χ0) is 15.4. The Kier molecular flexibility index (Phi) is 4.68. The molecule has 1 aromatic heterocycles. The summed E-state index contributed by atoms with van der Waals surface area (Å²) in [5, 5.41) is 3.05. The molecule has 1 aliphatic rings. The van der Waals surface area contributed by atoms with E-state index in [1.165, 1.54) is 12.1 Å². The third kappa shape index (κ3) is 3.62. The SMILES string of the molecule is O=C(COc1cccc(F)c1)N1CCC[C@H](c2nccs2)C1. The van der Waals surface area contributed by atoms with Crippen LogP contribution in [0.15, 0.2) is 35.8 Å². The number of rotatable bonds is 4. The highest BCUT2D eigenvalue weighted by atomic mass is 32.1. The van der Waals surface area contributed by atoms with E-state index in [1.807, 2.05) is 10.3 Å². The normalized spacial score (nSPS) is 18.2. The van der Waals surface area contributed by atoms with Gasteiger partial charge in [-0.15, -0.1) is 11.3 Å². The Labute approximate surface area is 132 Å². The summed E-state index contributed by atoms with van der Waals surface area (Å²) in [4.78, 5) is 18.4. The van der Waals surface area contributed by atoms with Crippen LogP contribution in [0.4, 0.5) is 4.39 Å². The van der Waals surface area contributed by atoms with Crippen molar-refractivity contribution in [1.82, 2.24) is 9.88 Å². The molecule has 2 heterocycles. The van der Waals surface area contributed by atoms with Crippen LogP contribution in [0.1, 0.15) is 23.8 Å². The van der Waals surface area contributed by atoms with Gasteiger partial charge in [-0.05, 0) is 25.0 Å². The lowest BCUT2D eigenvalue weighted by Gasteiger charge is -2.31. The van der Waals surface area contributed by atoms with Gasteiger partial charge in [0, 0.05) is 36.7 Å². The summed E-state index contributed by atoms with van der Waals surface area (Å²) >= 11 is 1.63. The first-order valence-corrected chi connectivity index (χ1v) is 8.16. The minimum absolute atomic E-state index is 0.0615. The number of ether oxygens (including phenoxy) is 1. The number of likely N-dealkylation sites (tertiary alicyclic amines) is 1. The highest BCUT2D eigenvalue weighted by molar-refractivity contribution is 7.09. The lowest BCUT2D eigenvalue weighted by molar-refractivity contribution is -0.134. The third-order valence-electron chi connectivity index (χ3n) is 3.73. The van der Waals surface area contributed by atoms with Crippen molar-refractivity contribution in [3.05, 3.63) is 46.7 Å². The first-order valence-electron chi connectivity index (χ1n) is 7.28. The van der Waals surface area contributed by atoms with Crippen molar-refractivity contribution in [1.29, 1.82) is 0 Å². The Balaban J connectivity index is 1.55. The number of hydrogen-bond acceptors (Lipinski definition) is 4. The molecule has 1 aromatic carbocycles. The third-order valence-corrected chi connectivity index (χ3v) is 4.67. The van der Waals surface area contributed by atoms with Crippen molar-refractivity contribution < 1.29 is 13.9 Å². The second kappa shape index (κ2) is 6.87. The fraction of sp³-hybridized carbons (Fsp3) is 0.375. The van der Waals surface area contributed by atoms with Crippen LogP contribution in [-0.2, 0) is 4.79 Å². The molecule has 0 aliphatic carbocycles.